The fourth-order valence-electron chi connectivity index (χ4n) is 7.82. The normalized spacial score (nSPS) is 49.8. The number of nitriles is 1. The molecular weight excluding hydrogens is 318 g/mol. The molecule has 26 heavy (non-hydrogen) atoms. The summed E-state index contributed by atoms with van der Waals surface area (Å²) in [6.45, 7) is 2.59. The quantitative estimate of drug-likeness (QED) is 0.570. The van der Waals surface area contributed by atoms with Gasteiger partial charge in [-0.05, 0) is 99.2 Å². The molecule has 0 aromatic rings. The zero-order chi connectivity index (χ0) is 18.1. The molecule has 4 rings (SSSR count). The van der Waals surface area contributed by atoms with Crippen LogP contribution in [0.25, 0.3) is 0 Å². The van der Waals surface area contributed by atoms with Gasteiger partial charge in [0.05, 0.1) is 12.2 Å². The second-order valence-corrected chi connectivity index (χ2v) is 10.5. The van der Waals surface area contributed by atoms with Crippen LogP contribution in [0.5, 0.6) is 0 Å². The van der Waals surface area contributed by atoms with Crippen LogP contribution in [0.2, 0.25) is 0 Å². The molecule has 2 heteroatoms. The van der Waals surface area contributed by atoms with Gasteiger partial charge < -0.3 is 5.11 Å². The third-order valence-electron chi connectivity index (χ3n) is 9.35. The van der Waals surface area contributed by atoms with Crippen LogP contribution in [0.3, 0.4) is 0 Å². The largest absolute Gasteiger partial charge is 0.393 e. The van der Waals surface area contributed by atoms with Gasteiger partial charge in [-0.25, -0.2) is 0 Å². The molecule has 0 saturated heterocycles. The summed E-state index contributed by atoms with van der Waals surface area (Å²) in [7, 11) is 0. The molecule has 0 aromatic heterocycles. The van der Waals surface area contributed by atoms with Crippen molar-refractivity contribution < 1.29 is 5.11 Å². The third kappa shape index (κ3) is 3.46. The second-order valence-electron chi connectivity index (χ2n) is 10.5. The first-order chi connectivity index (χ1) is 12.6. The fraction of sp³-hybridized carbons (Fsp3) is 0.958. The minimum absolute atomic E-state index is 0.0388. The number of hydrogen-bond donors (Lipinski definition) is 1. The highest BCUT2D eigenvalue weighted by molar-refractivity contribution is 5.03. The lowest BCUT2D eigenvalue weighted by atomic mass is 9.49. The Labute approximate surface area is 160 Å². The Morgan fingerprint density at radius 3 is 2.42 bits per heavy atom. The SMILES string of the molecule is C[C@]12CC[C@@H](O)C[C@@H]1CCC1C3CCC(C3)[C@@H](C#N)CCCCCCC12. The molecule has 4 fully saturated rings. The summed E-state index contributed by atoms with van der Waals surface area (Å²) in [5.41, 5.74) is 0.471. The van der Waals surface area contributed by atoms with E-state index in [0.29, 0.717) is 17.3 Å². The molecule has 0 aromatic carbocycles. The molecule has 1 N–H and O–H groups in total. The summed E-state index contributed by atoms with van der Waals surface area (Å²) >= 11 is 0. The van der Waals surface area contributed by atoms with Crippen molar-refractivity contribution in [1.82, 2.24) is 0 Å². The minimum Gasteiger partial charge on any atom is -0.393 e. The first-order valence-corrected chi connectivity index (χ1v) is 11.7. The Kier molecular flexibility index (Phi) is 5.66. The minimum atomic E-state index is -0.0388. The molecule has 2 bridgehead atoms. The van der Waals surface area contributed by atoms with Gasteiger partial charge in [0.1, 0.15) is 0 Å². The van der Waals surface area contributed by atoms with Crippen molar-refractivity contribution in [2.45, 2.75) is 103 Å². The molecule has 146 valence electrons. The van der Waals surface area contributed by atoms with Crippen LogP contribution in [-0.2, 0) is 0 Å². The summed E-state index contributed by atoms with van der Waals surface area (Å²) in [5, 5.41) is 19.9. The molecule has 4 aliphatic carbocycles. The van der Waals surface area contributed by atoms with Crippen molar-refractivity contribution in [3.63, 3.8) is 0 Å². The average Bonchev–Trinajstić information content (AvgIpc) is 3.11. The van der Waals surface area contributed by atoms with Gasteiger partial charge in [-0.15, -0.1) is 0 Å². The Morgan fingerprint density at radius 1 is 0.846 bits per heavy atom. The predicted molar refractivity (Wildman–Crippen MR) is 105 cm³/mol. The molecule has 4 aliphatic rings. The van der Waals surface area contributed by atoms with Crippen molar-refractivity contribution in [2.24, 2.45) is 40.9 Å². The topological polar surface area (TPSA) is 44.0 Å². The fourth-order valence-corrected chi connectivity index (χ4v) is 7.82. The van der Waals surface area contributed by atoms with Gasteiger partial charge >= 0.3 is 0 Å². The number of rotatable bonds is 0. The van der Waals surface area contributed by atoms with Gasteiger partial charge in [0.15, 0.2) is 0 Å². The van der Waals surface area contributed by atoms with Crippen LogP contribution in [0, 0.1) is 52.3 Å². The molecule has 0 heterocycles. The molecule has 4 unspecified atom stereocenters. The van der Waals surface area contributed by atoms with E-state index in [1.165, 1.54) is 70.6 Å². The monoisotopic (exact) mass is 357 g/mol. The highest BCUT2D eigenvalue weighted by atomic mass is 16.3. The summed E-state index contributed by atoms with van der Waals surface area (Å²) in [6.07, 6.45) is 18.0. The van der Waals surface area contributed by atoms with Gasteiger partial charge in [0.2, 0.25) is 0 Å². The molecule has 4 saturated carbocycles. The van der Waals surface area contributed by atoms with Gasteiger partial charge in [0.25, 0.3) is 0 Å². The maximum absolute atomic E-state index is 10.2. The van der Waals surface area contributed by atoms with Gasteiger partial charge in [-0.1, -0.05) is 32.6 Å². The number of hydrogen-bond acceptors (Lipinski definition) is 2. The highest BCUT2D eigenvalue weighted by Crippen LogP contribution is 2.60. The Morgan fingerprint density at radius 2 is 1.62 bits per heavy atom. The first-order valence-electron chi connectivity index (χ1n) is 11.7. The molecule has 0 spiro atoms. The maximum atomic E-state index is 10.2. The van der Waals surface area contributed by atoms with Crippen molar-refractivity contribution in [1.29, 1.82) is 5.26 Å². The third-order valence-corrected chi connectivity index (χ3v) is 9.35. The average molecular weight is 358 g/mol. The van der Waals surface area contributed by atoms with E-state index in [1.54, 1.807) is 0 Å². The number of aliphatic hydroxyl groups excluding tert-OH is 1. The molecular formula is C24H39NO. The second kappa shape index (κ2) is 7.83. The van der Waals surface area contributed by atoms with Crippen molar-refractivity contribution in [3.05, 3.63) is 0 Å². The molecule has 0 amide bonds. The standard InChI is InChI=1S/C24H39NO/c1-24-13-12-21(26)15-20(24)10-11-22-18-9-8-17(14-18)19(16-25)6-4-2-3-5-7-23(22)24/h17-23,26H,2-15H2,1H3/t17?,18?,19-,20+,21-,22?,23?,24+/m1/s1. The summed E-state index contributed by atoms with van der Waals surface area (Å²) in [5.74, 6) is 4.42. The van der Waals surface area contributed by atoms with Crippen LogP contribution in [0.4, 0.5) is 0 Å². The first kappa shape index (κ1) is 18.8. The van der Waals surface area contributed by atoms with E-state index in [2.05, 4.69) is 13.0 Å². The van der Waals surface area contributed by atoms with E-state index in [1.807, 2.05) is 0 Å². The van der Waals surface area contributed by atoms with Gasteiger partial charge in [-0.3, -0.25) is 0 Å². The van der Waals surface area contributed by atoms with Crippen LogP contribution < -0.4 is 0 Å². The zero-order valence-electron chi connectivity index (χ0n) is 16.8. The van der Waals surface area contributed by atoms with Crippen LogP contribution in [0.15, 0.2) is 0 Å². The predicted octanol–water partition coefficient (Wildman–Crippen LogP) is 6.09. The maximum Gasteiger partial charge on any atom is 0.0658 e. The van der Waals surface area contributed by atoms with Crippen molar-refractivity contribution >= 4 is 0 Å². The van der Waals surface area contributed by atoms with E-state index in [0.717, 1.165) is 42.9 Å². The van der Waals surface area contributed by atoms with Gasteiger partial charge in [-0.2, -0.15) is 5.26 Å². The van der Waals surface area contributed by atoms with E-state index >= 15 is 0 Å². The zero-order valence-corrected chi connectivity index (χ0v) is 16.8. The molecule has 2 nitrogen and oxygen atoms in total. The number of nitrogens with zero attached hydrogens (tertiary/aromatic N) is 1. The van der Waals surface area contributed by atoms with Crippen molar-refractivity contribution in [3.8, 4) is 6.07 Å². The smallest absolute Gasteiger partial charge is 0.0658 e. The van der Waals surface area contributed by atoms with E-state index in [-0.39, 0.29) is 6.10 Å². The van der Waals surface area contributed by atoms with Gasteiger partial charge in [0, 0.05) is 5.92 Å². The Hall–Kier alpha value is -0.550. The lowest BCUT2D eigenvalue weighted by Gasteiger charge is -2.56. The lowest BCUT2D eigenvalue weighted by molar-refractivity contribution is -0.0871. The van der Waals surface area contributed by atoms with E-state index in [4.69, 9.17) is 0 Å². The highest BCUT2D eigenvalue weighted by Gasteiger charge is 2.52. The Balaban J connectivity index is 1.56. The van der Waals surface area contributed by atoms with Crippen molar-refractivity contribution in [2.75, 3.05) is 0 Å². The lowest BCUT2D eigenvalue weighted by Crippen LogP contribution is -2.49. The van der Waals surface area contributed by atoms with Crippen LogP contribution in [0.1, 0.15) is 96.8 Å². The van der Waals surface area contributed by atoms with E-state index < -0.39 is 0 Å². The molecule has 0 radical (unpaired) electrons. The Bertz CT molecular complexity index is 525. The number of fused-ring (bicyclic) bond motifs is 6. The summed E-state index contributed by atoms with van der Waals surface area (Å²) in [4.78, 5) is 0. The molecule has 0 aliphatic heterocycles. The van der Waals surface area contributed by atoms with E-state index in [9.17, 15) is 10.4 Å². The summed E-state index contributed by atoms with van der Waals surface area (Å²) < 4.78 is 0. The molecule has 8 atom stereocenters. The summed E-state index contributed by atoms with van der Waals surface area (Å²) in [6, 6.07) is 2.69. The van der Waals surface area contributed by atoms with Crippen LogP contribution in [-0.4, -0.2) is 11.2 Å². The number of aliphatic hydroxyl groups is 1. The van der Waals surface area contributed by atoms with Crippen LogP contribution >= 0.6 is 0 Å².